The Hall–Kier alpha value is -3.26. The maximum atomic E-state index is 12.9. The molecule has 0 saturated carbocycles. The van der Waals surface area contributed by atoms with Gasteiger partial charge in [0.15, 0.2) is 0 Å². The van der Waals surface area contributed by atoms with Crippen molar-refractivity contribution < 1.29 is 14.3 Å². The SMILES string of the molecule is Cc1ccc(C(C)C)c(OCCN2C(=O)S/C(=C\c3ccc4c(c3)n(C)c(=O)n4C)C2=O)c1. The van der Waals surface area contributed by atoms with Crippen LogP contribution in [0.5, 0.6) is 5.75 Å². The zero-order chi connectivity index (χ0) is 23.9. The Kier molecular flexibility index (Phi) is 6.21. The summed E-state index contributed by atoms with van der Waals surface area (Å²) in [6.45, 7) is 6.61. The van der Waals surface area contributed by atoms with Crippen LogP contribution in [-0.2, 0) is 18.9 Å². The molecule has 1 fully saturated rings. The number of rotatable bonds is 6. The molecule has 0 bridgehead atoms. The molecule has 7 nitrogen and oxygen atoms in total. The lowest BCUT2D eigenvalue weighted by molar-refractivity contribution is -0.123. The maximum absolute atomic E-state index is 12.9. The number of amides is 2. The van der Waals surface area contributed by atoms with E-state index >= 15 is 0 Å². The summed E-state index contributed by atoms with van der Waals surface area (Å²) >= 11 is 0.921. The Labute approximate surface area is 196 Å². The molecule has 4 rings (SSSR count). The zero-order valence-corrected chi connectivity index (χ0v) is 20.2. The first kappa shape index (κ1) is 22.9. The molecule has 1 aliphatic heterocycles. The van der Waals surface area contributed by atoms with Gasteiger partial charge in [-0.05, 0) is 65.6 Å². The van der Waals surface area contributed by atoms with E-state index in [0.29, 0.717) is 10.8 Å². The fraction of sp³-hybridized carbons (Fsp3) is 0.320. The minimum atomic E-state index is -0.330. The monoisotopic (exact) mass is 465 g/mol. The molecule has 1 aromatic heterocycles. The summed E-state index contributed by atoms with van der Waals surface area (Å²) in [5.41, 5.74) is 4.41. The first-order valence-electron chi connectivity index (χ1n) is 10.8. The molecule has 33 heavy (non-hydrogen) atoms. The molecule has 1 aliphatic rings. The second-order valence-corrected chi connectivity index (χ2v) is 9.52. The Morgan fingerprint density at radius 2 is 1.73 bits per heavy atom. The quantitative estimate of drug-likeness (QED) is 0.504. The van der Waals surface area contributed by atoms with Crippen molar-refractivity contribution in [2.45, 2.75) is 26.7 Å². The molecule has 1 saturated heterocycles. The van der Waals surface area contributed by atoms with Crippen molar-refractivity contribution in [2.75, 3.05) is 13.2 Å². The summed E-state index contributed by atoms with van der Waals surface area (Å²) in [6, 6.07) is 11.6. The summed E-state index contributed by atoms with van der Waals surface area (Å²) in [5, 5.41) is -0.309. The van der Waals surface area contributed by atoms with Gasteiger partial charge >= 0.3 is 5.69 Å². The number of fused-ring (bicyclic) bond motifs is 1. The normalized spacial score (nSPS) is 15.5. The van der Waals surface area contributed by atoms with E-state index in [9.17, 15) is 14.4 Å². The van der Waals surface area contributed by atoms with Gasteiger partial charge in [0.1, 0.15) is 12.4 Å². The predicted octanol–water partition coefficient (Wildman–Crippen LogP) is 4.42. The minimum Gasteiger partial charge on any atom is -0.491 e. The van der Waals surface area contributed by atoms with Crippen LogP contribution in [0.25, 0.3) is 17.1 Å². The predicted molar refractivity (Wildman–Crippen MR) is 132 cm³/mol. The van der Waals surface area contributed by atoms with Crippen molar-refractivity contribution in [3.8, 4) is 5.75 Å². The van der Waals surface area contributed by atoms with Crippen molar-refractivity contribution in [1.82, 2.24) is 14.0 Å². The number of carbonyl (C=O) groups excluding carboxylic acids is 2. The van der Waals surface area contributed by atoms with Crippen LogP contribution in [0.15, 0.2) is 46.1 Å². The third-order valence-electron chi connectivity index (χ3n) is 5.83. The third kappa shape index (κ3) is 4.35. The van der Waals surface area contributed by atoms with Crippen LogP contribution in [0.2, 0.25) is 0 Å². The fourth-order valence-electron chi connectivity index (χ4n) is 3.95. The number of imidazole rings is 1. The molecular formula is C25H27N3O4S. The molecule has 2 amide bonds. The van der Waals surface area contributed by atoms with Gasteiger partial charge in [0, 0.05) is 14.1 Å². The lowest BCUT2D eigenvalue weighted by atomic mass is 10.0. The average Bonchev–Trinajstić information content (AvgIpc) is 3.15. The van der Waals surface area contributed by atoms with Gasteiger partial charge in [-0.2, -0.15) is 0 Å². The van der Waals surface area contributed by atoms with Crippen LogP contribution in [0.1, 0.15) is 36.5 Å². The summed E-state index contributed by atoms with van der Waals surface area (Å²) < 4.78 is 9.09. The van der Waals surface area contributed by atoms with E-state index < -0.39 is 0 Å². The van der Waals surface area contributed by atoms with Crippen molar-refractivity contribution in [3.05, 3.63) is 68.5 Å². The van der Waals surface area contributed by atoms with Crippen molar-refractivity contribution in [3.63, 3.8) is 0 Å². The van der Waals surface area contributed by atoms with Gasteiger partial charge in [0.25, 0.3) is 11.1 Å². The van der Waals surface area contributed by atoms with E-state index in [2.05, 4.69) is 19.9 Å². The molecule has 0 spiro atoms. The third-order valence-corrected chi connectivity index (χ3v) is 6.74. The fourth-order valence-corrected chi connectivity index (χ4v) is 4.81. The number of hydrogen-bond acceptors (Lipinski definition) is 5. The van der Waals surface area contributed by atoms with Crippen LogP contribution in [0, 0.1) is 6.92 Å². The summed E-state index contributed by atoms with van der Waals surface area (Å²) in [6.07, 6.45) is 1.69. The molecular weight excluding hydrogens is 438 g/mol. The number of imide groups is 1. The number of benzene rings is 2. The molecule has 0 atom stereocenters. The standard InChI is InChI=1S/C25H27N3O4S/c1-15(2)18-8-6-16(3)12-21(18)32-11-10-28-23(29)22(33-25(28)31)14-17-7-9-19-20(13-17)27(5)24(30)26(19)4/h6-9,12-15H,10-11H2,1-5H3/b22-14-. The first-order valence-corrected chi connectivity index (χ1v) is 11.6. The molecule has 3 aromatic rings. The number of nitrogens with zero attached hydrogens (tertiary/aromatic N) is 3. The summed E-state index contributed by atoms with van der Waals surface area (Å²) in [4.78, 5) is 39.1. The lowest BCUT2D eigenvalue weighted by Gasteiger charge is -2.17. The van der Waals surface area contributed by atoms with Crippen molar-refractivity contribution >= 4 is 40.0 Å². The van der Waals surface area contributed by atoms with Crippen LogP contribution in [-0.4, -0.2) is 38.3 Å². The van der Waals surface area contributed by atoms with Gasteiger partial charge in [0.2, 0.25) is 0 Å². The van der Waals surface area contributed by atoms with E-state index in [1.165, 1.54) is 4.90 Å². The highest BCUT2D eigenvalue weighted by molar-refractivity contribution is 8.18. The van der Waals surface area contributed by atoms with Crippen molar-refractivity contribution in [2.24, 2.45) is 14.1 Å². The van der Waals surface area contributed by atoms with Gasteiger partial charge in [-0.1, -0.05) is 32.0 Å². The number of aryl methyl sites for hydroxylation is 3. The topological polar surface area (TPSA) is 73.5 Å². The van der Waals surface area contributed by atoms with E-state index in [-0.39, 0.29) is 30.0 Å². The van der Waals surface area contributed by atoms with E-state index in [1.807, 2.05) is 37.3 Å². The largest absolute Gasteiger partial charge is 0.491 e. The number of aromatic nitrogens is 2. The first-order chi connectivity index (χ1) is 15.7. The molecule has 2 heterocycles. The molecule has 0 unspecified atom stereocenters. The molecule has 172 valence electrons. The Balaban J connectivity index is 1.49. The van der Waals surface area contributed by atoms with Crippen LogP contribution in [0.3, 0.4) is 0 Å². The minimum absolute atomic E-state index is 0.114. The zero-order valence-electron chi connectivity index (χ0n) is 19.4. The van der Waals surface area contributed by atoms with Gasteiger partial charge < -0.3 is 4.74 Å². The highest BCUT2D eigenvalue weighted by Gasteiger charge is 2.34. The van der Waals surface area contributed by atoms with Gasteiger partial charge in [-0.3, -0.25) is 23.6 Å². The molecule has 0 aliphatic carbocycles. The smallest absolute Gasteiger partial charge is 0.328 e. The van der Waals surface area contributed by atoms with Gasteiger partial charge in [0.05, 0.1) is 22.5 Å². The van der Waals surface area contributed by atoms with Gasteiger partial charge in [-0.25, -0.2) is 4.79 Å². The van der Waals surface area contributed by atoms with E-state index in [1.54, 1.807) is 29.3 Å². The second-order valence-electron chi connectivity index (χ2n) is 8.53. The molecule has 0 N–H and O–H groups in total. The average molecular weight is 466 g/mol. The highest BCUT2D eigenvalue weighted by Crippen LogP contribution is 2.33. The number of ether oxygens (including phenoxy) is 1. The van der Waals surface area contributed by atoms with E-state index in [0.717, 1.165) is 45.2 Å². The number of hydrogen-bond donors (Lipinski definition) is 0. The highest BCUT2D eigenvalue weighted by atomic mass is 32.2. The van der Waals surface area contributed by atoms with Crippen LogP contribution < -0.4 is 10.4 Å². The Morgan fingerprint density at radius 1 is 1.00 bits per heavy atom. The van der Waals surface area contributed by atoms with E-state index in [4.69, 9.17) is 4.74 Å². The summed E-state index contributed by atoms with van der Waals surface area (Å²) in [5.74, 6) is 0.764. The summed E-state index contributed by atoms with van der Waals surface area (Å²) in [7, 11) is 3.43. The van der Waals surface area contributed by atoms with Crippen LogP contribution in [0.4, 0.5) is 4.79 Å². The number of thioether (sulfide) groups is 1. The molecule has 2 aromatic carbocycles. The second kappa shape index (κ2) is 8.94. The number of carbonyl (C=O) groups is 2. The molecule has 8 heteroatoms. The van der Waals surface area contributed by atoms with Crippen molar-refractivity contribution in [1.29, 1.82) is 0 Å². The molecule has 0 radical (unpaired) electrons. The van der Waals surface area contributed by atoms with Crippen LogP contribution >= 0.6 is 11.8 Å². The van der Waals surface area contributed by atoms with Gasteiger partial charge in [-0.15, -0.1) is 0 Å². The Morgan fingerprint density at radius 3 is 2.45 bits per heavy atom. The maximum Gasteiger partial charge on any atom is 0.328 e. The Bertz CT molecular complexity index is 1350. The lowest BCUT2D eigenvalue weighted by Crippen LogP contribution is -2.32.